The van der Waals surface area contributed by atoms with E-state index in [1.807, 2.05) is 0 Å². The van der Waals surface area contributed by atoms with Gasteiger partial charge in [0.2, 0.25) is 10.0 Å². The Hall–Kier alpha value is -1.44. The summed E-state index contributed by atoms with van der Waals surface area (Å²) in [6.07, 6.45) is 3.65. The molecular weight excluding hydrogens is 292 g/mol. The molecule has 1 aromatic rings. The third kappa shape index (κ3) is 2.95. The van der Waals surface area contributed by atoms with E-state index in [-0.39, 0.29) is 16.6 Å². The molecule has 7 heteroatoms. The van der Waals surface area contributed by atoms with Crippen LogP contribution >= 0.6 is 0 Å². The SMILES string of the molecule is NS(=O)(=O)c1ccccc1C(=O)NCC1CC2CCC1O2. The number of ether oxygens (including phenoxy) is 1. The van der Waals surface area contributed by atoms with E-state index in [4.69, 9.17) is 9.88 Å². The van der Waals surface area contributed by atoms with Gasteiger partial charge in [-0.25, -0.2) is 13.6 Å². The van der Waals surface area contributed by atoms with Crippen LogP contribution in [0, 0.1) is 5.92 Å². The highest BCUT2D eigenvalue weighted by Gasteiger charge is 2.40. The highest BCUT2D eigenvalue weighted by molar-refractivity contribution is 7.89. The first-order valence-electron chi connectivity index (χ1n) is 7.00. The fourth-order valence-corrected chi connectivity index (χ4v) is 3.91. The highest BCUT2D eigenvalue weighted by Crippen LogP contribution is 2.38. The van der Waals surface area contributed by atoms with Crippen molar-refractivity contribution < 1.29 is 17.9 Å². The van der Waals surface area contributed by atoms with Gasteiger partial charge < -0.3 is 10.1 Å². The summed E-state index contributed by atoms with van der Waals surface area (Å²) in [6, 6.07) is 5.96. The Morgan fingerprint density at radius 1 is 1.33 bits per heavy atom. The first-order valence-corrected chi connectivity index (χ1v) is 8.55. The number of hydrogen-bond acceptors (Lipinski definition) is 4. The van der Waals surface area contributed by atoms with Gasteiger partial charge in [-0.2, -0.15) is 0 Å². The monoisotopic (exact) mass is 310 g/mol. The number of hydrogen-bond donors (Lipinski definition) is 2. The molecule has 0 radical (unpaired) electrons. The highest BCUT2D eigenvalue weighted by atomic mass is 32.2. The molecule has 1 aromatic carbocycles. The van der Waals surface area contributed by atoms with Crippen molar-refractivity contribution in [1.29, 1.82) is 0 Å². The van der Waals surface area contributed by atoms with Crippen LogP contribution < -0.4 is 10.5 Å². The molecular formula is C14H18N2O4S. The predicted molar refractivity (Wildman–Crippen MR) is 76.2 cm³/mol. The zero-order valence-corrected chi connectivity index (χ0v) is 12.3. The number of rotatable bonds is 4. The summed E-state index contributed by atoms with van der Waals surface area (Å²) in [5, 5.41) is 7.93. The molecule has 2 aliphatic rings. The lowest BCUT2D eigenvalue weighted by Crippen LogP contribution is -2.34. The van der Waals surface area contributed by atoms with Crippen LogP contribution in [0.1, 0.15) is 29.6 Å². The molecule has 21 heavy (non-hydrogen) atoms. The molecule has 0 aromatic heterocycles. The van der Waals surface area contributed by atoms with E-state index in [0.717, 1.165) is 19.3 Å². The van der Waals surface area contributed by atoms with Crippen LogP contribution in [0.2, 0.25) is 0 Å². The first kappa shape index (κ1) is 14.5. The Balaban J connectivity index is 1.69. The van der Waals surface area contributed by atoms with Crippen molar-refractivity contribution in [3.63, 3.8) is 0 Å². The topological polar surface area (TPSA) is 98.5 Å². The van der Waals surface area contributed by atoms with Gasteiger partial charge in [0.05, 0.1) is 22.7 Å². The summed E-state index contributed by atoms with van der Waals surface area (Å²) >= 11 is 0. The number of benzene rings is 1. The van der Waals surface area contributed by atoms with E-state index in [1.54, 1.807) is 12.1 Å². The summed E-state index contributed by atoms with van der Waals surface area (Å²) < 4.78 is 28.7. The van der Waals surface area contributed by atoms with Gasteiger partial charge in [-0.3, -0.25) is 4.79 Å². The van der Waals surface area contributed by atoms with Crippen molar-refractivity contribution in [2.75, 3.05) is 6.54 Å². The van der Waals surface area contributed by atoms with E-state index < -0.39 is 15.9 Å². The zero-order chi connectivity index (χ0) is 15.0. The Morgan fingerprint density at radius 3 is 2.71 bits per heavy atom. The molecule has 2 heterocycles. The number of carbonyl (C=O) groups excluding carboxylic acids is 1. The summed E-state index contributed by atoms with van der Waals surface area (Å²) in [6.45, 7) is 0.499. The molecule has 3 atom stereocenters. The maximum Gasteiger partial charge on any atom is 0.252 e. The molecule has 3 N–H and O–H groups in total. The smallest absolute Gasteiger partial charge is 0.252 e. The van der Waals surface area contributed by atoms with Crippen LogP contribution in [0.5, 0.6) is 0 Å². The Morgan fingerprint density at radius 2 is 2.10 bits per heavy atom. The van der Waals surface area contributed by atoms with E-state index in [9.17, 15) is 13.2 Å². The van der Waals surface area contributed by atoms with Gasteiger partial charge in [-0.15, -0.1) is 0 Å². The second-order valence-electron chi connectivity index (χ2n) is 5.62. The Kier molecular flexibility index (Phi) is 3.73. The number of primary sulfonamides is 1. The van der Waals surface area contributed by atoms with E-state index in [0.29, 0.717) is 18.6 Å². The lowest BCUT2D eigenvalue weighted by Gasteiger charge is -2.19. The van der Waals surface area contributed by atoms with Crippen LogP contribution in [0.15, 0.2) is 29.2 Å². The summed E-state index contributed by atoms with van der Waals surface area (Å²) in [5.41, 5.74) is 0.0871. The van der Waals surface area contributed by atoms with Crippen molar-refractivity contribution in [2.24, 2.45) is 11.1 Å². The van der Waals surface area contributed by atoms with E-state index in [2.05, 4.69) is 5.32 Å². The zero-order valence-electron chi connectivity index (χ0n) is 11.5. The number of amides is 1. The normalized spacial score (nSPS) is 27.8. The second-order valence-corrected chi connectivity index (χ2v) is 7.15. The van der Waals surface area contributed by atoms with Gasteiger partial charge in [-0.1, -0.05) is 12.1 Å². The summed E-state index contributed by atoms with van der Waals surface area (Å²) in [7, 11) is -3.91. The Labute approximate surface area is 123 Å². The standard InChI is InChI=1S/C14H18N2O4S/c15-21(18,19)13-4-2-1-3-11(13)14(17)16-8-9-7-10-5-6-12(9)20-10/h1-4,9-10,12H,5-8H2,(H,16,17)(H2,15,18,19). The minimum Gasteiger partial charge on any atom is -0.375 e. The van der Waals surface area contributed by atoms with Gasteiger partial charge in [0.1, 0.15) is 0 Å². The number of sulfonamides is 1. The molecule has 2 bridgehead atoms. The minimum absolute atomic E-state index is 0.0871. The minimum atomic E-state index is -3.91. The fourth-order valence-electron chi connectivity index (χ4n) is 3.18. The number of nitrogens with two attached hydrogens (primary N) is 1. The molecule has 2 saturated heterocycles. The quantitative estimate of drug-likeness (QED) is 0.852. The maximum atomic E-state index is 12.2. The molecule has 0 aliphatic carbocycles. The third-order valence-corrected chi connectivity index (χ3v) is 5.16. The fraction of sp³-hybridized carbons (Fsp3) is 0.500. The van der Waals surface area contributed by atoms with Crippen LogP contribution in [0.25, 0.3) is 0 Å². The summed E-state index contributed by atoms with van der Waals surface area (Å²) in [4.78, 5) is 12.1. The second kappa shape index (κ2) is 5.40. The average Bonchev–Trinajstić information content (AvgIpc) is 3.06. The van der Waals surface area contributed by atoms with Crippen molar-refractivity contribution in [3.8, 4) is 0 Å². The first-order chi connectivity index (χ1) is 9.95. The van der Waals surface area contributed by atoms with E-state index >= 15 is 0 Å². The van der Waals surface area contributed by atoms with Gasteiger partial charge in [0, 0.05) is 12.5 Å². The number of nitrogens with one attached hydrogen (secondary N) is 1. The lowest BCUT2D eigenvalue weighted by molar-refractivity contribution is 0.0871. The average molecular weight is 310 g/mol. The van der Waals surface area contributed by atoms with Crippen LogP contribution in [-0.4, -0.2) is 33.1 Å². The molecule has 0 saturated carbocycles. The molecule has 2 aliphatic heterocycles. The van der Waals surface area contributed by atoms with Gasteiger partial charge >= 0.3 is 0 Å². The molecule has 3 unspecified atom stereocenters. The Bertz CT molecular complexity index is 659. The molecule has 114 valence electrons. The lowest BCUT2D eigenvalue weighted by atomic mass is 9.89. The largest absolute Gasteiger partial charge is 0.375 e. The van der Waals surface area contributed by atoms with Crippen molar-refractivity contribution >= 4 is 15.9 Å². The number of carbonyl (C=O) groups is 1. The van der Waals surface area contributed by atoms with Crippen LogP contribution in [0.3, 0.4) is 0 Å². The van der Waals surface area contributed by atoms with Gasteiger partial charge in [0.15, 0.2) is 0 Å². The molecule has 3 rings (SSSR count). The van der Waals surface area contributed by atoms with Gasteiger partial charge in [0.25, 0.3) is 5.91 Å². The van der Waals surface area contributed by atoms with Crippen molar-refractivity contribution in [2.45, 2.75) is 36.4 Å². The third-order valence-electron chi connectivity index (χ3n) is 4.19. The van der Waals surface area contributed by atoms with Crippen molar-refractivity contribution in [3.05, 3.63) is 29.8 Å². The molecule has 2 fully saturated rings. The summed E-state index contributed by atoms with van der Waals surface area (Å²) in [5.74, 6) is -0.100. The van der Waals surface area contributed by atoms with Gasteiger partial charge in [-0.05, 0) is 31.4 Å². The van der Waals surface area contributed by atoms with Crippen molar-refractivity contribution in [1.82, 2.24) is 5.32 Å². The maximum absolute atomic E-state index is 12.2. The van der Waals surface area contributed by atoms with Crippen LogP contribution in [-0.2, 0) is 14.8 Å². The molecule has 6 nitrogen and oxygen atoms in total. The number of fused-ring (bicyclic) bond motifs is 2. The van der Waals surface area contributed by atoms with E-state index in [1.165, 1.54) is 12.1 Å². The molecule has 0 spiro atoms. The van der Waals surface area contributed by atoms with Crippen LogP contribution in [0.4, 0.5) is 0 Å². The predicted octanol–water partition coefficient (Wildman–Crippen LogP) is 0.631. The molecule has 1 amide bonds.